The molecule has 2 heterocycles. The molecule has 3 rings (SSSR count). The fourth-order valence-corrected chi connectivity index (χ4v) is 2.78. The first-order valence-electron chi connectivity index (χ1n) is 6.82. The van der Waals surface area contributed by atoms with Gasteiger partial charge in [-0.15, -0.1) is 12.4 Å². The molecule has 1 aromatic carbocycles. The average molecular weight is 327 g/mol. The van der Waals surface area contributed by atoms with Crippen molar-refractivity contribution in [2.45, 2.75) is 0 Å². The summed E-state index contributed by atoms with van der Waals surface area (Å²) in [6.07, 6.45) is 0. The molecular formula is C14H19ClN4OS. The number of guanidine groups is 1. The summed E-state index contributed by atoms with van der Waals surface area (Å²) in [7, 11) is 0. The lowest BCUT2D eigenvalue weighted by Crippen LogP contribution is -2.44. The number of benzene rings is 1. The molecule has 0 radical (unpaired) electrons. The zero-order valence-corrected chi connectivity index (χ0v) is 13.3. The van der Waals surface area contributed by atoms with Gasteiger partial charge in [-0.2, -0.15) is 4.99 Å². The van der Waals surface area contributed by atoms with Crippen LogP contribution in [0.5, 0.6) is 0 Å². The predicted molar refractivity (Wildman–Crippen MR) is 91.9 cm³/mol. The van der Waals surface area contributed by atoms with Crippen molar-refractivity contribution in [3.05, 3.63) is 30.3 Å². The fraction of sp³-hybridized carbons (Fsp3) is 0.429. The number of aliphatic imine (C=N–C) groups is 2. The van der Waals surface area contributed by atoms with E-state index in [2.05, 4.69) is 20.2 Å². The number of hydrogen-bond donors (Lipinski definition) is 1. The first-order chi connectivity index (χ1) is 9.92. The minimum atomic E-state index is 0. The van der Waals surface area contributed by atoms with Gasteiger partial charge in [0.2, 0.25) is 5.96 Å². The number of halogens is 1. The summed E-state index contributed by atoms with van der Waals surface area (Å²) >= 11 is 1.71. The number of rotatable bonds is 1. The normalized spacial score (nSPS) is 19.0. The third kappa shape index (κ3) is 4.62. The number of anilines is 1. The first kappa shape index (κ1) is 16.1. The molecule has 0 bridgehead atoms. The Labute approximate surface area is 135 Å². The van der Waals surface area contributed by atoms with Crippen molar-refractivity contribution >= 4 is 41.0 Å². The van der Waals surface area contributed by atoms with Crippen LogP contribution in [0.2, 0.25) is 0 Å². The third-order valence-corrected chi connectivity index (χ3v) is 3.98. The van der Waals surface area contributed by atoms with E-state index < -0.39 is 0 Å². The number of para-hydroxylation sites is 1. The highest BCUT2D eigenvalue weighted by atomic mass is 35.5. The molecule has 2 aliphatic heterocycles. The van der Waals surface area contributed by atoms with E-state index in [1.54, 1.807) is 11.8 Å². The minimum Gasteiger partial charge on any atom is -0.378 e. The lowest BCUT2D eigenvalue weighted by molar-refractivity contribution is 0.0681. The maximum absolute atomic E-state index is 5.41. The Morgan fingerprint density at radius 1 is 1.24 bits per heavy atom. The van der Waals surface area contributed by atoms with E-state index >= 15 is 0 Å². The summed E-state index contributed by atoms with van der Waals surface area (Å²) in [6.45, 7) is 4.07. The van der Waals surface area contributed by atoms with Crippen LogP contribution in [0.15, 0.2) is 40.3 Å². The molecule has 2 aliphatic rings. The van der Waals surface area contributed by atoms with Gasteiger partial charge in [0.05, 0.1) is 19.8 Å². The minimum absolute atomic E-state index is 0. The van der Waals surface area contributed by atoms with Crippen LogP contribution >= 0.6 is 24.2 Å². The van der Waals surface area contributed by atoms with Gasteiger partial charge in [-0.3, -0.25) is 4.99 Å². The highest BCUT2D eigenvalue weighted by Gasteiger charge is 2.17. The van der Waals surface area contributed by atoms with Crippen LogP contribution in [0.25, 0.3) is 0 Å². The molecule has 1 saturated heterocycles. The Morgan fingerprint density at radius 3 is 2.67 bits per heavy atom. The Hall–Kier alpha value is -1.24. The van der Waals surface area contributed by atoms with Crippen LogP contribution < -0.4 is 5.32 Å². The highest BCUT2D eigenvalue weighted by Crippen LogP contribution is 2.15. The van der Waals surface area contributed by atoms with Gasteiger partial charge in [0.25, 0.3) is 0 Å². The van der Waals surface area contributed by atoms with Crippen LogP contribution in [-0.4, -0.2) is 54.6 Å². The lowest BCUT2D eigenvalue weighted by Gasteiger charge is -2.30. The van der Waals surface area contributed by atoms with E-state index in [-0.39, 0.29) is 12.4 Å². The van der Waals surface area contributed by atoms with Gasteiger partial charge in [-0.1, -0.05) is 30.0 Å². The van der Waals surface area contributed by atoms with Crippen molar-refractivity contribution in [1.29, 1.82) is 0 Å². The predicted octanol–water partition coefficient (Wildman–Crippen LogP) is 2.31. The molecule has 5 nitrogen and oxygen atoms in total. The molecule has 114 valence electrons. The molecule has 1 fully saturated rings. The summed E-state index contributed by atoms with van der Waals surface area (Å²) in [4.78, 5) is 11.3. The lowest BCUT2D eigenvalue weighted by atomic mass is 10.3. The number of morpholine rings is 1. The van der Waals surface area contributed by atoms with Crippen molar-refractivity contribution in [2.75, 3.05) is 43.9 Å². The van der Waals surface area contributed by atoms with E-state index in [9.17, 15) is 0 Å². The average Bonchev–Trinajstić information content (AvgIpc) is 3.02. The molecule has 0 atom stereocenters. The zero-order chi connectivity index (χ0) is 13.6. The molecular weight excluding hydrogens is 308 g/mol. The number of ether oxygens (including phenoxy) is 1. The summed E-state index contributed by atoms with van der Waals surface area (Å²) in [5.74, 6) is 1.90. The molecule has 1 N–H and O–H groups in total. The Morgan fingerprint density at radius 2 is 2.00 bits per heavy atom. The molecule has 0 spiro atoms. The van der Waals surface area contributed by atoms with Gasteiger partial charge >= 0.3 is 0 Å². The van der Waals surface area contributed by atoms with Crippen molar-refractivity contribution < 1.29 is 4.74 Å². The SMILES string of the molecule is Cl.c1ccc(N/C(=N/C2=NCCS2)N2CCOCC2)cc1. The molecule has 0 unspecified atom stereocenters. The summed E-state index contributed by atoms with van der Waals surface area (Å²) in [5.41, 5.74) is 1.04. The monoisotopic (exact) mass is 326 g/mol. The topological polar surface area (TPSA) is 49.2 Å². The molecule has 21 heavy (non-hydrogen) atoms. The number of amidine groups is 1. The van der Waals surface area contributed by atoms with E-state index in [4.69, 9.17) is 4.74 Å². The maximum Gasteiger partial charge on any atom is 0.205 e. The standard InChI is InChI=1S/C14H18N4OS.ClH/c1-2-4-12(5-3-1)16-13(17-14-15-6-11-20-14)18-7-9-19-10-8-18;/h1-5H,6-11H2,(H,15,16,17);1H. The zero-order valence-electron chi connectivity index (χ0n) is 11.7. The summed E-state index contributed by atoms with van der Waals surface area (Å²) < 4.78 is 5.41. The van der Waals surface area contributed by atoms with E-state index in [0.717, 1.165) is 55.4 Å². The van der Waals surface area contributed by atoms with Gasteiger partial charge in [0, 0.05) is 24.5 Å². The van der Waals surface area contributed by atoms with Crippen LogP contribution in [-0.2, 0) is 4.74 Å². The smallest absolute Gasteiger partial charge is 0.205 e. The van der Waals surface area contributed by atoms with Crippen molar-refractivity contribution in [3.8, 4) is 0 Å². The number of nitrogens with one attached hydrogen (secondary N) is 1. The summed E-state index contributed by atoms with van der Waals surface area (Å²) in [5, 5.41) is 4.27. The van der Waals surface area contributed by atoms with Crippen molar-refractivity contribution in [2.24, 2.45) is 9.98 Å². The second-order valence-electron chi connectivity index (χ2n) is 4.54. The van der Waals surface area contributed by atoms with Crippen LogP contribution in [0.3, 0.4) is 0 Å². The number of thioether (sulfide) groups is 1. The molecule has 0 aromatic heterocycles. The summed E-state index contributed by atoms with van der Waals surface area (Å²) in [6, 6.07) is 10.1. The van der Waals surface area contributed by atoms with Crippen LogP contribution in [0, 0.1) is 0 Å². The fourth-order valence-electron chi connectivity index (χ4n) is 2.09. The van der Waals surface area contributed by atoms with Gasteiger partial charge in [-0.25, -0.2) is 0 Å². The largest absolute Gasteiger partial charge is 0.378 e. The Balaban J connectivity index is 0.00000161. The van der Waals surface area contributed by atoms with Gasteiger partial charge in [0.1, 0.15) is 0 Å². The van der Waals surface area contributed by atoms with Gasteiger partial charge in [-0.05, 0) is 12.1 Å². The molecule has 1 aromatic rings. The number of nitrogens with zero attached hydrogens (tertiary/aromatic N) is 3. The van der Waals surface area contributed by atoms with E-state index in [1.165, 1.54) is 0 Å². The molecule has 0 aliphatic carbocycles. The van der Waals surface area contributed by atoms with Crippen LogP contribution in [0.1, 0.15) is 0 Å². The molecule has 0 saturated carbocycles. The van der Waals surface area contributed by atoms with Crippen molar-refractivity contribution in [3.63, 3.8) is 0 Å². The van der Waals surface area contributed by atoms with Crippen LogP contribution in [0.4, 0.5) is 5.69 Å². The first-order valence-corrected chi connectivity index (χ1v) is 7.81. The van der Waals surface area contributed by atoms with Crippen molar-refractivity contribution in [1.82, 2.24) is 4.90 Å². The Bertz CT molecular complexity index is 503. The molecule has 0 amide bonds. The van der Waals surface area contributed by atoms with E-state index in [0.29, 0.717) is 0 Å². The Kier molecular flexibility index (Phi) is 6.35. The second-order valence-corrected chi connectivity index (χ2v) is 5.60. The van der Waals surface area contributed by atoms with Gasteiger partial charge in [0.15, 0.2) is 5.17 Å². The highest BCUT2D eigenvalue weighted by molar-refractivity contribution is 8.14. The maximum atomic E-state index is 5.41. The second kappa shape index (κ2) is 8.26. The third-order valence-electron chi connectivity index (χ3n) is 3.11. The quantitative estimate of drug-likeness (QED) is 0.635. The van der Waals surface area contributed by atoms with Gasteiger partial charge < -0.3 is 15.0 Å². The van der Waals surface area contributed by atoms with E-state index in [1.807, 2.05) is 30.3 Å². The number of hydrogen-bond acceptors (Lipinski definition) is 4. The molecule has 7 heteroatoms.